The van der Waals surface area contributed by atoms with Crippen molar-refractivity contribution >= 4 is 23.4 Å². The molecule has 0 unspecified atom stereocenters. The maximum atomic E-state index is 14.8. The summed E-state index contributed by atoms with van der Waals surface area (Å²) >= 11 is 0. The lowest BCUT2D eigenvalue weighted by Gasteiger charge is -2.35. The number of aliphatic hydroxyl groups excluding tert-OH is 1. The van der Waals surface area contributed by atoms with Gasteiger partial charge in [0.1, 0.15) is 11.6 Å². The smallest absolute Gasteiger partial charge is 0.323 e. The van der Waals surface area contributed by atoms with E-state index in [1.54, 1.807) is 18.2 Å². The van der Waals surface area contributed by atoms with Crippen LogP contribution in [0, 0.1) is 5.82 Å². The van der Waals surface area contributed by atoms with Crippen LogP contribution >= 0.6 is 0 Å². The van der Waals surface area contributed by atoms with Gasteiger partial charge in [-0.05, 0) is 30.3 Å². The number of carbonyl (C=O) groups excluding carboxylic acids is 2. The highest BCUT2D eigenvalue weighted by Crippen LogP contribution is 2.30. The molecular formula is C26H24FN7O6. The van der Waals surface area contributed by atoms with Gasteiger partial charge in [-0.15, -0.1) is 5.10 Å². The Morgan fingerprint density at radius 3 is 2.50 bits per heavy atom. The molecule has 0 spiro atoms. The second kappa shape index (κ2) is 11.2. The summed E-state index contributed by atoms with van der Waals surface area (Å²) in [5, 5.41) is 22.4. The third-order valence-electron chi connectivity index (χ3n) is 5.89. The molecule has 2 aromatic carbocycles. The monoisotopic (exact) mass is 549 g/mol. The van der Waals surface area contributed by atoms with Crippen LogP contribution in [0.3, 0.4) is 0 Å². The number of methoxy groups -OCH3 is 2. The lowest BCUT2D eigenvalue weighted by atomic mass is 10.2. The van der Waals surface area contributed by atoms with Crippen LogP contribution in [0.15, 0.2) is 60.9 Å². The molecule has 3 heterocycles. The summed E-state index contributed by atoms with van der Waals surface area (Å²) in [5.41, 5.74) is 0.777. The number of carbonyl (C=O) groups is 2. The van der Waals surface area contributed by atoms with Crippen molar-refractivity contribution in [2.75, 3.05) is 37.9 Å². The molecule has 1 aliphatic heterocycles. The molecule has 0 radical (unpaired) electrons. The minimum atomic E-state index is -0.733. The van der Waals surface area contributed by atoms with Gasteiger partial charge < -0.3 is 29.5 Å². The minimum Gasteiger partial charge on any atom is -0.493 e. The average molecular weight is 550 g/mol. The van der Waals surface area contributed by atoms with Gasteiger partial charge in [0, 0.05) is 30.1 Å². The second-order valence-electron chi connectivity index (χ2n) is 8.65. The van der Waals surface area contributed by atoms with Gasteiger partial charge >= 0.3 is 6.03 Å². The van der Waals surface area contributed by atoms with Gasteiger partial charge in [-0.25, -0.2) is 18.9 Å². The molecule has 1 aliphatic rings. The van der Waals surface area contributed by atoms with E-state index < -0.39 is 23.9 Å². The van der Waals surface area contributed by atoms with Crippen LogP contribution in [-0.4, -0.2) is 75.3 Å². The summed E-state index contributed by atoms with van der Waals surface area (Å²) in [7, 11) is 3.03. The summed E-state index contributed by atoms with van der Waals surface area (Å²) < 4.78 is 32.3. The van der Waals surface area contributed by atoms with Crippen molar-refractivity contribution in [2.24, 2.45) is 0 Å². The Morgan fingerprint density at radius 1 is 1.00 bits per heavy atom. The van der Waals surface area contributed by atoms with Gasteiger partial charge in [0.2, 0.25) is 0 Å². The van der Waals surface area contributed by atoms with Crippen LogP contribution in [0.25, 0.3) is 5.69 Å². The van der Waals surface area contributed by atoms with Gasteiger partial charge in [0.15, 0.2) is 28.8 Å². The number of halogens is 1. The standard InChI is InChI=1S/C26H24FN7O6/c1-38-22-6-4-16(10-23(22)39-2)34-14-20(31-32-34)25(36)29-15-3-5-21(19(27)9-15)40-18-7-8-28-24(11-18)30-26(37)33-12-17(35)13-33/h3-11,14,17,35H,12-13H2,1-2H3,(H,29,36)(H,28,30,37). The zero-order chi connectivity index (χ0) is 28.2. The first kappa shape index (κ1) is 26.4. The van der Waals surface area contributed by atoms with Crippen molar-refractivity contribution in [1.82, 2.24) is 24.9 Å². The zero-order valence-electron chi connectivity index (χ0n) is 21.4. The molecule has 13 nitrogen and oxygen atoms in total. The predicted octanol–water partition coefficient (Wildman–Crippen LogP) is 3.07. The summed E-state index contributed by atoms with van der Waals surface area (Å²) in [5.74, 6) is 0.0308. The third-order valence-corrected chi connectivity index (χ3v) is 5.89. The van der Waals surface area contributed by atoms with Gasteiger partial charge in [-0.3, -0.25) is 10.1 Å². The molecule has 1 saturated heterocycles. The number of nitrogens with one attached hydrogen (secondary N) is 2. The molecule has 1 fully saturated rings. The number of rotatable bonds is 8. The lowest BCUT2D eigenvalue weighted by molar-refractivity contribution is 0.0308. The van der Waals surface area contributed by atoms with E-state index in [-0.39, 0.29) is 41.8 Å². The Hall–Kier alpha value is -5.24. The van der Waals surface area contributed by atoms with Crippen LogP contribution in [0.5, 0.6) is 23.0 Å². The van der Waals surface area contributed by atoms with E-state index >= 15 is 0 Å². The normalized spacial score (nSPS) is 12.8. The van der Waals surface area contributed by atoms with Crippen molar-refractivity contribution in [3.8, 4) is 28.7 Å². The Bertz CT molecular complexity index is 1560. The van der Waals surface area contributed by atoms with E-state index in [1.165, 1.54) is 60.5 Å². The first-order valence-corrected chi connectivity index (χ1v) is 12.0. The van der Waals surface area contributed by atoms with Gasteiger partial charge in [0.25, 0.3) is 5.91 Å². The summed E-state index contributed by atoms with van der Waals surface area (Å²) in [6.07, 6.45) is 2.30. The van der Waals surface area contributed by atoms with Crippen molar-refractivity contribution in [1.29, 1.82) is 0 Å². The van der Waals surface area contributed by atoms with E-state index in [0.29, 0.717) is 17.2 Å². The number of urea groups is 1. The molecule has 0 aliphatic carbocycles. The number of hydrogen-bond acceptors (Lipinski definition) is 9. The fourth-order valence-corrected chi connectivity index (χ4v) is 3.80. The van der Waals surface area contributed by atoms with E-state index in [0.717, 1.165) is 6.07 Å². The number of likely N-dealkylation sites (tertiary alicyclic amines) is 1. The molecule has 2 aromatic heterocycles. The molecule has 206 valence electrons. The highest BCUT2D eigenvalue weighted by molar-refractivity contribution is 6.02. The number of anilines is 2. The van der Waals surface area contributed by atoms with Crippen LogP contribution < -0.4 is 24.8 Å². The van der Waals surface area contributed by atoms with Crippen LogP contribution in [0.2, 0.25) is 0 Å². The van der Waals surface area contributed by atoms with Crippen molar-refractivity contribution in [3.05, 3.63) is 72.4 Å². The van der Waals surface area contributed by atoms with Crippen molar-refractivity contribution in [2.45, 2.75) is 6.10 Å². The predicted molar refractivity (Wildman–Crippen MR) is 140 cm³/mol. The Morgan fingerprint density at radius 2 is 1.77 bits per heavy atom. The van der Waals surface area contributed by atoms with Gasteiger partial charge in [0.05, 0.1) is 45.3 Å². The van der Waals surface area contributed by atoms with E-state index in [9.17, 15) is 19.1 Å². The van der Waals surface area contributed by atoms with E-state index in [2.05, 4.69) is 25.9 Å². The van der Waals surface area contributed by atoms with Gasteiger partial charge in [-0.2, -0.15) is 0 Å². The summed E-state index contributed by atoms with van der Waals surface area (Å²) in [6, 6.07) is 11.5. The third kappa shape index (κ3) is 5.76. The number of benzene rings is 2. The van der Waals surface area contributed by atoms with Crippen molar-refractivity contribution in [3.63, 3.8) is 0 Å². The number of amides is 3. The molecular weight excluding hydrogens is 525 g/mol. The minimum absolute atomic E-state index is 0.00891. The Balaban J connectivity index is 1.22. The van der Waals surface area contributed by atoms with Crippen LogP contribution in [0.1, 0.15) is 10.5 Å². The molecule has 14 heteroatoms. The summed E-state index contributed by atoms with van der Waals surface area (Å²) in [4.78, 5) is 30.3. The molecule has 40 heavy (non-hydrogen) atoms. The van der Waals surface area contributed by atoms with Gasteiger partial charge in [-0.1, -0.05) is 5.21 Å². The Labute approximate surface area is 227 Å². The molecule has 0 atom stereocenters. The first-order valence-electron chi connectivity index (χ1n) is 12.0. The van der Waals surface area contributed by atoms with Crippen LogP contribution in [-0.2, 0) is 0 Å². The number of aliphatic hydroxyl groups is 1. The fraction of sp³-hybridized carbons (Fsp3) is 0.192. The van der Waals surface area contributed by atoms with E-state index in [1.807, 2.05) is 0 Å². The zero-order valence-corrected chi connectivity index (χ0v) is 21.4. The SMILES string of the molecule is COc1ccc(-n2cc(C(=O)Nc3ccc(Oc4ccnc(NC(=O)N5CC(O)C5)c4)c(F)c3)nn2)cc1OC. The maximum absolute atomic E-state index is 14.8. The quantitative estimate of drug-likeness (QED) is 0.301. The molecule has 4 aromatic rings. The second-order valence-corrected chi connectivity index (χ2v) is 8.65. The largest absolute Gasteiger partial charge is 0.493 e. The van der Waals surface area contributed by atoms with E-state index in [4.69, 9.17) is 14.2 Å². The number of pyridine rings is 1. The molecule has 3 N–H and O–H groups in total. The molecule has 0 saturated carbocycles. The maximum Gasteiger partial charge on any atom is 0.323 e. The number of ether oxygens (including phenoxy) is 3. The number of aromatic nitrogens is 4. The average Bonchev–Trinajstić information content (AvgIpc) is 3.43. The first-order chi connectivity index (χ1) is 19.3. The topological polar surface area (TPSA) is 153 Å². The fourth-order valence-electron chi connectivity index (χ4n) is 3.80. The Kier molecular flexibility index (Phi) is 7.41. The molecule has 3 amide bonds. The van der Waals surface area contributed by atoms with Crippen LogP contribution in [0.4, 0.5) is 20.7 Å². The number of β-amino-alcohol motifs (C(OH)–C–C–N with tert-alkyl or cyclic N) is 1. The molecule has 0 bridgehead atoms. The molecule has 5 rings (SSSR count). The highest BCUT2D eigenvalue weighted by Gasteiger charge is 2.29. The highest BCUT2D eigenvalue weighted by atomic mass is 19.1. The summed E-state index contributed by atoms with van der Waals surface area (Å²) in [6.45, 7) is 0.485. The lowest BCUT2D eigenvalue weighted by Crippen LogP contribution is -2.54. The van der Waals surface area contributed by atoms with Crippen molar-refractivity contribution < 1.29 is 33.3 Å². The number of nitrogens with zero attached hydrogens (tertiary/aromatic N) is 5. The number of hydrogen-bond donors (Lipinski definition) is 3.